The highest BCUT2D eigenvalue weighted by Gasteiger charge is 2.23. The van der Waals surface area contributed by atoms with Crippen LogP contribution in [0.15, 0.2) is 60.8 Å². The Balaban J connectivity index is 1.26. The average molecular weight is 377 g/mol. The first-order valence-corrected chi connectivity index (χ1v) is 10.1. The lowest BCUT2D eigenvalue weighted by Gasteiger charge is -2.32. The second kappa shape index (κ2) is 8.59. The van der Waals surface area contributed by atoms with Gasteiger partial charge < -0.3 is 16.0 Å². The third kappa shape index (κ3) is 4.43. The zero-order valence-electron chi connectivity index (χ0n) is 16.1. The second-order valence-electron chi connectivity index (χ2n) is 7.71. The molecule has 0 saturated carbocycles. The van der Waals surface area contributed by atoms with Gasteiger partial charge in [0.2, 0.25) is 5.91 Å². The van der Waals surface area contributed by atoms with Crippen LogP contribution in [0.3, 0.4) is 0 Å². The summed E-state index contributed by atoms with van der Waals surface area (Å²) < 4.78 is 0. The van der Waals surface area contributed by atoms with E-state index in [-0.39, 0.29) is 11.9 Å². The smallest absolute Gasteiger partial charge is 0.237 e. The topological polar surface area (TPSA) is 74.1 Å². The minimum atomic E-state index is -0.526. The number of nitrogens with one attached hydrogen (secondary N) is 2. The molecule has 1 saturated heterocycles. The first kappa shape index (κ1) is 18.7. The van der Waals surface area contributed by atoms with Crippen molar-refractivity contribution in [2.24, 2.45) is 5.73 Å². The van der Waals surface area contributed by atoms with Crippen molar-refractivity contribution in [3.05, 3.63) is 71.9 Å². The van der Waals surface area contributed by atoms with Gasteiger partial charge in [0.25, 0.3) is 0 Å². The summed E-state index contributed by atoms with van der Waals surface area (Å²) in [4.78, 5) is 18.3. The van der Waals surface area contributed by atoms with Crippen LogP contribution in [0.25, 0.3) is 10.9 Å². The number of nitrogens with two attached hydrogens (primary N) is 1. The molecule has 0 spiro atoms. The summed E-state index contributed by atoms with van der Waals surface area (Å²) in [6.45, 7) is 2.97. The summed E-state index contributed by atoms with van der Waals surface area (Å²) in [5.74, 6) is -0.0493. The number of hydrogen-bond donors (Lipinski definition) is 3. The summed E-state index contributed by atoms with van der Waals surface area (Å²) >= 11 is 0. The molecule has 5 nitrogen and oxygen atoms in total. The number of piperidine rings is 1. The molecule has 4 rings (SSSR count). The van der Waals surface area contributed by atoms with Crippen LogP contribution in [-0.2, 0) is 17.8 Å². The first-order valence-electron chi connectivity index (χ1n) is 10.1. The van der Waals surface area contributed by atoms with Crippen molar-refractivity contribution in [1.82, 2.24) is 15.2 Å². The number of aromatic nitrogens is 1. The Bertz CT molecular complexity index is 913. The standard InChI is InChI=1S/C23H28N4O/c24-21(14-18-15-25-22-9-5-4-8-20(18)22)23(28)26-19-10-12-27(13-11-19)16-17-6-2-1-3-7-17/h1-9,15,19,21,25H,10-14,16,24H2,(H,26,28). The Kier molecular flexibility index (Phi) is 5.74. The normalized spacial score (nSPS) is 16.9. The number of likely N-dealkylation sites (tertiary alicyclic amines) is 1. The van der Waals surface area contributed by atoms with Crippen LogP contribution in [0, 0.1) is 0 Å². The molecule has 1 aliphatic heterocycles. The van der Waals surface area contributed by atoms with Gasteiger partial charge in [0.15, 0.2) is 0 Å². The fourth-order valence-electron chi connectivity index (χ4n) is 4.02. The highest BCUT2D eigenvalue weighted by Crippen LogP contribution is 2.19. The number of amides is 1. The Hall–Kier alpha value is -2.63. The van der Waals surface area contributed by atoms with Crippen LogP contribution in [0.5, 0.6) is 0 Å². The van der Waals surface area contributed by atoms with E-state index in [1.807, 2.05) is 30.5 Å². The molecule has 1 atom stereocenters. The van der Waals surface area contributed by atoms with Crippen LogP contribution < -0.4 is 11.1 Å². The van der Waals surface area contributed by atoms with Crippen LogP contribution in [0.2, 0.25) is 0 Å². The lowest BCUT2D eigenvalue weighted by Crippen LogP contribution is -2.50. The van der Waals surface area contributed by atoms with Crippen molar-refractivity contribution in [2.45, 2.75) is 37.9 Å². The predicted octanol–water partition coefficient (Wildman–Crippen LogP) is 2.82. The van der Waals surface area contributed by atoms with Crippen molar-refractivity contribution in [3.63, 3.8) is 0 Å². The van der Waals surface area contributed by atoms with Crippen LogP contribution in [0.4, 0.5) is 0 Å². The molecule has 1 fully saturated rings. The summed E-state index contributed by atoms with van der Waals surface area (Å²) in [7, 11) is 0. The number of H-pyrrole nitrogens is 1. The fourth-order valence-corrected chi connectivity index (χ4v) is 4.02. The maximum absolute atomic E-state index is 12.6. The molecule has 5 heteroatoms. The molecule has 1 amide bonds. The summed E-state index contributed by atoms with van der Waals surface area (Å²) in [5, 5.41) is 4.30. The number of fused-ring (bicyclic) bond motifs is 1. The van der Waals surface area contributed by atoms with Crippen molar-refractivity contribution in [3.8, 4) is 0 Å². The summed E-state index contributed by atoms with van der Waals surface area (Å²) in [6, 6.07) is 18.3. The maximum Gasteiger partial charge on any atom is 0.237 e. The number of hydrogen-bond acceptors (Lipinski definition) is 3. The molecule has 1 unspecified atom stereocenters. The van der Waals surface area contributed by atoms with E-state index in [1.54, 1.807) is 0 Å². The van der Waals surface area contributed by atoms with Crippen molar-refractivity contribution >= 4 is 16.8 Å². The van der Waals surface area contributed by atoms with E-state index in [1.165, 1.54) is 5.56 Å². The van der Waals surface area contributed by atoms with Crippen LogP contribution >= 0.6 is 0 Å². The van der Waals surface area contributed by atoms with E-state index in [2.05, 4.69) is 45.5 Å². The third-order valence-electron chi connectivity index (χ3n) is 5.63. The molecule has 146 valence electrons. The average Bonchev–Trinajstić information content (AvgIpc) is 3.13. The van der Waals surface area contributed by atoms with Gasteiger partial charge in [-0.15, -0.1) is 0 Å². The van der Waals surface area contributed by atoms with Crippen LogP contribution in [-0.4, -0.2) is 41.0 Å². The molecule has 28 heavy (non-hydrogen) atoms. The van der Waals surface area contributed by atoms with Crippen molar-refractivity contribution in [1.29, 1.82) is 0 Å². The van der Waals surface area contributed by atoms with E-state index >= 15 is 0 Å². The number of rotatable bonds is 6. The Morgan fingerprint density at radius 2 is 1.82 bits per heavy atom. The Labute approximate surface area is 165 Å². The molecular weight excluding hydrogens is 348 g/mol. The molecule has 0 aliphatic carbocycles. The largest absolute Gasteiger partial charge is 0.361 e. The van der Waals surface area contributed by atoms with Gasteiger partial charge in [0, 0.05) is 42.8 Å². The maximum atomic E-state index is 12.6. The van der Waals surface area contributed by atoms with E-state index < -0.39 is 6.04 Å². The Morgan fingerprint density at radius 3 is 2.61 bits per heavy atom. The van der Waals surface area contributed by atoms with Gasteiger partial charge in [-0.2, -0.15) is 0 Å². The molecule has 2 aromatic carbocycles. The first-order chi connectivity index (χ1) is 13.7. The lowest BCUT2D eigenvalue weighted by molar-refractivity contribution is -0.123. The third-order valence-corrected chi connectivity index (χ3v) is 5.63. The highest BCUT2D eigenvalue weighted by molar-refractivity contribution is 5.86. The van der Waals surface area contributed by atoms with Gasteiger partial charge >= 0.3 is 0 Å². The van der Waals surface area contributed by atoms with Crippen molar-refractivity contribution < 1.29 is 4.79 Å². The van der Waals surface area contributed by atoms with E-state index in [4.69, 9.17) is 5.73 Å². The van der Waals surface area contributed by atoms with E-state index in [0.717, 1.165) is 48.9 Å². The van der Waals surface area contributed by atoms with Crippen LogP contribution in [0.1, 0.15) is 24.0 Å². The SMILES string of the molecule is NC(Cc1c[nH]c2ccccc12)C(=O)NC1CCN(Cc2ccccc2)CC1. The number of aromatic amines is 1. The van der Waals surface area contributed by atoms with Gasteiger partial charge in [0.1, 0.15) is 0 Å². The van der Waals surface area contributed by atoms with E-state index in [0.29, 0.717) is 6.42 Å². The number of benzene rings is 2. The minimum Gasteiger partial charge on any atom is -0.361 e. The molecule has 1 aromatic heterocycles. The molecule has 4 N–H and O–H groups in total. The van der Waals surface area contributed by atoms with Gasteiger partial charge in [-0.25, -0.2) is 0 Å². The van der Waals surface area contributed by atoms with Gasteiger partial charge in [-0.05, 0) is 36.5 Å². The zero-order chi connectivity index (χ0) is 19.3. The minimum absolute atomic E-state index is 0.0493. The molecule has 0 bridgehead atoms. The Morgan fingerprint density at radius 1 is 1.11 bits per heavy atom. The summed E-state index contributed by atoms with van der Waals surface area (Å²) in [5.41, 5.74) is 9.72. The highest BCUT2D eigenvalue weighted by atomic mass is 16.2. The number of carbonyl (C=O) groups is 1. The summed E-state index contributed by atoms with van der Waals surface area (Å²) in [6.07, 6.45) is 4.44. The lowest BCUT2D eigenvalue weighted by atomic mass is 10.0. The second-order valence-corrected chi connectivity index (χ2v) is 7.71. The molecule has 1 aliphatic rings. The number of nitrogens with zero attached hydrogens (tertiary/aromatic N) is 1. The molecular formula is C23H28N4O. The molecule has 0 radical (unpaired) electrons. The number of para-hydroxylation sites is 1. The molecule has 2 heterocycles. The fraction of sp³-hybridized carbons (Fsp3) is 0.348. The van der Waals surface area contributed by atoms with E-state index in [9.17, 15) is 4.79 Å². The zero-order valence-corrected chi connectivity index (χ0v) is 16.1. The van der Waals surface area contributed by atoms with Gasteiger partial charge in [0.05, 0.1) is 6.04 Å². The molecule has 3 aromatic rings. The van der Waals surface area contributed by atoms with Gasteiger partial charge in [-0.1, -0.05) is 48.5 Å². The monoisotopic (exact) mass is 376 g/mol. The predicted molar refractivity (Wildman–Crippen MR) is 113 cm³/mol. The van der Waals surface area contributed by atoms with Crippen molar-refractivity contribution in [2.75, 3.05) is 13.1 Å². The number of carbonyl (C=O) groups excluding carboxylic acids is 1. The van der Waals surface area contributed by atoms with Gasteiger partial charge in [-0.3, -0.25) is 9.69 Å². The quantitative estimate of drug-likeness (QED) is 0.619.